The van der Waals surface area contributed by atoms with Gasteiger partial charge in [0.25, 0.3) is 0 Å². The number of benzene rings is 1. The predicted molar refractivity (Wildman–Crippen MR) is 68.8 cm³/mol. The predicted octanol–water partition coefficient (Wildman–Crippen LogP) is 3.22. The molecule has 0 N–H and O–H groups in total. The van der Waals surface area contributed by atoms with Crippen LogP contribution in [-0.2, 0) is 9.53 Å². The topological polar surface area (TPSA) is 43.4 Å². The van der Waals surface area contributed by atoms with E-state index in [9.17, 15) is 14.0 Å². The second-order valence-corrected chi connectivity index (χ2v) is 5.06. The van der Waals surface area contributed by atoms with Crippen LogP contribution in [0.1, 0.15) is 24.2 Å². The minimum atomic E-state index is -0.997. The molecule has 18 heavy (non-hydrogen) atoms. The van der Waals surface area contributed by atoms with Crippen LogP contribution in [0.2, 0.25) is 0 Å². The molecule has 0 spiro atoms. The summed E-state index contributed by atoms with van der Waals surface area (Å²) in [7, 11) is 1.21. The van der Waals surface area contributed by atoms with Crippen LogP contribution in [0, 0.1) is 17.7 Å². The third-order valence-corrected chi connectivity index (χ3v) is 3.27. The molecule has 0 radical (unpaired) electrons. The molecule has 1 aromatic rings. The number of ether oxygens (including phenoxy) is 1. The Morgan fingerprint density at radius 1 is 1.33 bits per heavy atom. The number of rotatable bonds is 4. The SMILES string of the molecule is COC(=O)C(C(=O)c1c(F)cccc1Br)C(C)C. The van der Waals surface area contributed by atoms with Gasteiger partial charge >= 0.3 is 5.97 Å². The molecular formula is C13H14BrFO3. The molecule has 0 fully saturated rings. The zero-order valence-electron chi connectivity index (χ0n) is 10.4. The van der Waals surface area contributed by atoms with Crippen molar-refractivity contribution in [3.05, 3.63) is 34.1 Å². The lowest BCUT2D eigenvalue weighted by molar-refractivity contribution is -0.144. The van der Waals surface area contributed by atoms with Gasteiger partial charge in [0.05, 0.1) is 12.7 Å². The van der Waals surface area contributed by atoms with Crippen molar-refractivity contribution in [3.63, 3.8) is 0 Å². The van der Waals surface area contributed by atoms with Crippen molar-refractivity contribution in [2.75, 3.05) is 7.11 Å². The molecule has 0 aromatic heterocycles. The highest BCUT2D eigenvalue weighted by atomic mass is 79.9. The second-order valence-electron chi connectivity index (χ2n) is 4.21. The van der Waals surface area contributed by atoms with Gasteiger partial charge in [-0.05, 0) is 34.0 Å². The Morgan fingerprint density at radius 2 is 1.94 bits per heavy atom. The number of halogens is 2. The maximum atomic E-state index is 13.7. The molecule has 5 heteroatoms. The molecule has 1 aromatic carbocycles. The number of carbonyl (C=O) groups excluding carboxylic acids is 2. The number of methoxy groups -OCH3 is 1. The molecule has 1 rings (SSSR count). The van der Waals surface area contributed by atoms with Crippen LogP contribution in [0.5, 0.6) is 0 Å². The number of carbonyl (C=O) groups is 2. The van der Waals surface area contributed by atoms with Gasteiger partial charge in [-0.1, -0.05) is 19.9 Å². The van der Waals surface area contributed by atoms with Crippen molar-refractivity contribution in [2.45, 2.75) is 13.8 Å². The summed E-state index contributed by atoms with van der Waals surface area (Å²) in [4.78, 5) is 23.9. The molecule has 0 heterocycles. The van der Waals surface area contributed by atoms with Gasteiger partial charge in [0, 0.05) is 4.47 Å². The van der Waals surface area contributed by atoms with Gasteiger partial charge < -0.3 is 4.74 Å². The van der Waals surface area contributed by atoms with Crippen LogP contribution in [0.3, 0.4) is 0 Å². The zero-order chi connectivity index (χ0) is 13.9. The highest BCUT2D eigenvalue weighted by Crippen LogP contribution is 2.26. The maximum absolute atomic E-state index is 13.7. The van der Waals surface area contributed by atoms with Gasteiger partial charge in [-0.15, -0.1) is 0 Å². The quantitative estimate of drug-likeness (QED) is 0.486. The lowest BCUT2D eigenvalue weighted by Crippen LogP contribution is -2.30. The first kappa shape index (κ1) is 14.8. The first-order chi connectivity index (χ1) is 8.40. The van der Waals surface area contributed by atoms with Crippen LogP contribution in [-0.4, -0.2) is 18.9 Å². The molecule has 0 saturated heterocycles. The Hall–Kier alpha value is -1.23. The van der Waals surface area contributed by atoms with E-state index in [1.165, 1.54) is 19.2 Å². The fraction of sp³-hybridized carbons (Fsp3) is 0.385. The summed E-state index contributed by atoms with van der Waals surface area (Å²) in [6.45, 7) is 3.43. The molecule has 0 bridgehead atoms. The first-order valence-electron chi connectivity index (χ1n) is 5.46. The van der Waals surface area contributed by atoms with Crippen LogP contribution >= 0.6 is 15.9 Å². The highest BCUT2D eigenvalue weighted by molar-refractivity contribution is 9.10. The molecule has 1 unspecified atom stereocenters. The monoisotopic (exact) mass is 316 g/mol. The van der Waals surface area contributed by atoms with Gasteiger partial charge in [-0.25, -0.2) is 4.39 Å². The number of Topliss-reactive ketones (excluding diaryl/α,β-unsaturated/α-hetero) is 1. The van der Waals surface area contributed by atoms with Gasteiger partial charge in [0.15, 0.2) is 5.78 Å². The second kappa shape index (κ2) is 6.09. The average Bonchev–Trinajstić information content (AvgIpc) is 2.28. The Balaban J connectivity index is 3.22. The summed E-state index contributed by atoms with van der Waals surface area (Å²) in [6, 6.07) is 4.23. The molecule has 3 nitrogen and oxygen atoms in total. The van der Waals surface area contributed by atoms with Gasteiger partial charge in [0.2, 0.25) is 0 Å². The minimum Gasteiger partial charge on any atom is -0.468 e. The van der Waals surface area contributed by atoms with Gasteiger partial charge in [-0.2, -0.15) is 0 Å². The smallest absolute Gasteiger partial charge is 0.316 e. The highest BCUT2D eigenvalue weighted by Gasteiger charge is 2.33. The van der Waals surface area contributed by atoms with Crippen molar-refractivity contribution < 1.29 is 18.7 Å². The van der Waals surface area contributed by atoms with E-state index in [0.29, 0.717) is 4.47 Å². The third kappa shape index (κ3) is 2.96. The number of ketones is 1. The Bertz CT molecular complexity index is 451. The molecule has 0 aliphatic rings. The van der Waals surface area contributed by atoms with E-state index < -0.39 is 23.5 Å². The standard InChI is InChI=1S/C13H14BrFO3/c1-7(2)10(13(17)18-3)12(16)11-8(14)5-4-6-9(11)15/h4-7,10H,1-3H3. The Morgan fingerprint density at radius 3 is 2.39 bits per heavy atom. The van der Waals surface area contributed by atoms with E-state index in [1.54, 1.807) is 19.9 Å². The van der Waals surface area contributed by atoms with Gasteiger partial charge in [-0.3, -0.25) is 9.59 Å². The largest absolute Gasteiger partial charge is 0.468 e. The molecule has 0 aliphatic heterocycles. The Kier molecular flexibility index (Phi) is 5.02. The van der Waals surface area contributed by atoms with Crippen molar-refractivity contribution in [1.82, 2.24) is 0 Å². The summed E-state index contributed by atoms with van der Waals surface area (Å²) in [6.07, 6.45) is 0. The van der Waals surface area contributed by atoms with Gasteiger partial charge in [0.1, 0.15) is 11.7 Å². The third-order valence-electron chi connectivity index (χ3n) is 2.61. The lowest BCUT2D eigenvalue weighted by Gasteiger charge is -2.18. The van der Waals surface area contributed by atoms with Crippen LogP contribution < -0.4 is 0 Å². The number of hydrogen-bond acceptors (Lipinski definition) is 3. The molecule has 0 aliphatic carbocycles. The molecule has 1 atom stereocenters. The van der Waals surface area contributed by atoms with Crippen molar-refractivity contribution >= 4 is 27.7 Å². The summed E-state index contributed by atoms with van der Waals surface area (Å²) < 4.78 is 18.6. The Labute approximate surface area is 113 Å². The van der Waals surface area contributed by atoms with E-state index in [2.05, 4.69) is 20.7 Å². The van der Waals surface area contributed by atoms with Crippen molar-refractivity contribution in [2.24, 2.45) is 11.8 Å². The summed E-state index contributed by atoms with van der Waals surface area (Å²) in [5.74, 6) is -3.13. The summed E-state index contributed by atoms with van der Waals surface area (Å²) in [5.41, 5.74) is -0.110. The van der Waals surface area contributed by atoms with E-state index in [1.807, 2.05) is 0 Å². The van der Waals surface area contributed by atoms with E-state index in [4.69, 9.17) is 0 Å². The number of hydrogen-bond donors (Lipinski definition) is 0. The molecule has 0 saturated carbocycles. The molecule has 98 valence electrons. The van der Waals surface area contributed by atoms with E-state index in [0.717, 1.165) is 0 Å². The molecular weight excluding hydrogens is 303 g/mol. The fourth-order valence-corrected chi connectivity index (χ4v) is 2.24. The van der Waals surface area contributed by atoms with Crippen molar-refractivity contribution in [1.29, 1.82) is 0 Å². The maximum Gasteiger partial charge on any atom is 0.316 e. The summed E-state index contributed by atoms with van der Waals surface area (Å²) >= 11 is 3.12. The normalized spacial score (nSPS) is 12.3. The summed E-state index contributed by atoms with van der Waals surface area (Å²) in [5, 5.41) is 0. The number of esters is 1. The minimum absolute atomic E-state index is 0.110. The first-order valence-corrected chi connectivity index (χ1v) is 6.25. The van der Waals surface area contributed by atoms with Crippen LogP contribution in [0.25, 0.3) is 0 Å². The lowest BCUT2D eigenvalue weighted by atomic mass is 9.88. The molecule has 0 amide bonds. The van der Waals surface area contributed by atoms with Crippen LogP contribution in [0.15, 0.2) is 22.7 Å². The average molecular weight is 317 g/mol. The fourth-order valence-electron chi connectivity index (χ4n) is 1.70. The zero-order valence-corrected chi connectivity index (χ0v) is 12.0. The van der Waals surface area contributed by atoms with E-state index in [-0.39, 0.29) is 11.5 Å². The van der Waals surface area contributed by atoms with Crippen molar-refractivity contribution in [3.8, 4) is 0 Å². The van der Waals surface area contributed by atoms with Crippen LogP contribution in [0.4, 0.5) is 4.39 Å². The van der Waals surface area contributed by atoms with E-state index >= 15 is 0 Å².